The molecule has 0 atom stereocenters. The van der Waals surface area contributed by atoms with Crippen molar-refractivity contribution in [2.45, 2.75) is 34.7 Å². The van der Waals surface area contributed by atoms with Crippen LogP contribution in [-0.2, 0) is 16.8 Å². The first-order valence-electron chi connectivity index (χ1n) is 13.4. The van der Waals surface area contributed by atoms with Crippen molar-refractivity contribution in [2.24, 2.45) is 0 Å². The Bertz CT molecular complexity index is 1580. The molecule has 1 saturated heterocycles. The zero-order chi connectivity index (χ0) is 28.4. The predicted octanol–water partition coefficient (Wildman–Crippen LogP) is 7.36. The maximum absolute atomic E-state index is 13.7. The maximum atomic E-state index is 13.7. The molecule has 6 nitrogen and oxygen atoms in total. The fourth-order valence-electron chi connectivity index (χ4n) is 5.58. The lowest BCUT2D eigenvalue weighted by atomic mass is 9.74. The lowest BCUT2D eigenvalue weighted by Crippen LogP contribution is -2.48. The third-order valence-corrected chi connectivity index (χ3v) is 8.95. The van der Waals surface area contributed by atoms with Gasteiger partial charge in [0, 0.05) is 52.3 Å². The quantitative estimate of drug-likeness (QED) is 0.228. The van der Waals surface area contributed by atoms with Gasteiger partial charge in [-0.15, -0.1) is 0 Å². The highest BCUT2D eigenvalue weighted by molar-refractivity contribution is 7.99. The molecule has 0 radical (unpaired) electrons. The molecule has 0 unspecified atom stereocenters. The van der Waals surface area contributed by atoms with E-state index in [1.54, 1.807) is 40.9 Å². The third kappa shape index (κ3) is 5.80. The van der Waals surface area contributed by atoms with Gasteiger partial charge in [0.2, 0.25) is 0 Å². The van der Waals surface area contributed by atoms with Gasteiger partial charge < -0.3 is 14.5 Å². The number of carbonyl (C=O) groups excluding carboxylic acids is 2. The lowest BCUT2D eigenvalue weighted by molar-refractivity contribution is 0.0780. The summed E-state index contributed by atoms with van der Waals surface area (Å²) in [5.74, 6) is -0.419. The summed E-state index contributed by atoms with van der Waals surface area (Å²) in [4.78, 5) is 36.1. The Balaban J connectivity index is 1.25. The molecule has 1 aromatic heterocycles. The summed E-state index contributed by atoms with van der Waals surface area (Å²) in [7, 11) is 0. The van der Waals surface area contributed by atoms with Gasteiger partial charge in [0.15, 0.2) is 0 Å². The fraction of sp³-hybridized carbons (Fsp3) is 0.219. The van der Waals surface area contributed by atoms with Gasteiger partial charge in [0.25, 0.3) is 5.91 Å². The van der Waals surface area contributed by atoms with E-state index in [0.717, 1.165) is 26.6 Å². The number of rotatable bonds is 5. The minimum Gasteiger partial charge on any atom is -0.445 e. The molecule has 4 aromatic rings. The van der Waals surface area contributed by atoms with Crippen LogP contribution in [0.4, 0.5) is 14.9 Å². The normalized spacial score (nSPS) is 15.6. The Hall–Kier alpha value is -3.88. The average molecular weight is 588 g/mol. The number of hydrogen-bond acceptors (Lipinski definition) is 5. The number of hydrogen-bond donors (Lipinski definition) is 0. The van der Waals surface area contributed by atoms with E-state index in [9.17, 15) is 14.0 Å². The van der Waals surface area contributed by atoms with Crippen LogP contribution < -0.4 is 4.90 Å². The van der Waals surface area contributed by atoms with E-state index >= 15 is 0 Å². The molecule has 0 N–H and O–H groups in total. The Morgan fingerprint density at radius 2 is 1.68 bits per heavy atom. The van der Waals surface area contributed by atoms with Crippen molar-refractivity contribution in [3.05, 3.63) is 119 Å². The zero-order valence-electron chi connectivity index (χ0n) is 22.1. The van der Waals surface area contributed by atoms with Crippen molar-refractivity contribution in [2.75, 3.05) is 24.5 Å². The number of pyridine rings is 1. The van der Waals surface area contributed by atoms with Gasteiger partial charge in [-0.3, -0.25) is 4.79 Å². The summed E-state index contributed by atoms with van der Waals surface area (Å²) in [6, 6.07) is 25.4. The number of piperidine rings is 1. The number of ether oxygens (including phenoxy) is 1. The van der Waals surface area contributed by atoms with Gasteiger partial charge in [0.05, 0.1) is 0 Å². The highest BCUT2D eigenvalue weighted by Crippen LogP contribution is 2.49. The van der Waals surface area contributed by atoms with Gasteiger partial charge in [-0.1, -0.05) is 53.7 Å². The van der Waals surface area contributed by atoms with E-state index in [1.165, 1.54) is 18.3 Å². The van der Waals surface area contributed by atoms with Crippen LogP contribution >= 0.6 is 23.4 Å². The molecule has 0 saturated carbocycles. The Labute approximate surface area is 247 Å². The van der Waals surface area contributed by atoms with Crippen LogP contribution in [0.2, 0.25) is 5.15 Å². The van der Waals surface area contributed by atoms with Crippen LogP contribution in [0.25, 0.3) is 0 Å². The first-order valence-corrected chi connectivity index (χ1v) is 14.6. The first-order chi connectivity index (χ1) is 19.9. The number of nitrogens with zero attached hydrogens (tertiary/aromatic N) is 3. The molecule has 9 heteroatoms. The highest BCUT2D eigenvalue weighted by Gasteiger charge is 2.47. The molecule has 1 fully saturated rings. The van der Waals surface area contributed by atoms with Gasteiger partial charge in [-0.2, -0.15) is 0 Å². The Morgan fingerprint density at radius 1 is 0.951 bits per heavy atom. The summed E-state index contributed by atoms with van der Waals surface area (Å²) in [6.07, 6.45) is 2.57. The molecule has 2 aliphatic rings. The van der Waals surface area contributed by atoms with Crippen LogP contribution in [-0.4, -0.2) is 41.5 Å². The Morgan fingerprint density at radius 3 is 2.41 bits per heavy atom. The molecule has 0 bridgehead atoms. The van der Waals surface area contributed by atoms with E-state index in [0.29, 0.717) is 38.0 Å². The lowest BCUT2D eigenvalue weighted by Gasteiger charge is -2.39. The van der Waals surface area contributed by atoms with Gasteiger partial charge in [-0.25, -0.2) is 14.2 Å². The fourth-order valence-corrected chi connectivity index (χ4v) is 6.61. The summed E-state index contributed by atoms with van der Waals surface area (Å²) >= 11 is 7.65. The number of fused-ring (bicyclic) bond motifs is 2. The van der Waals surface area contributed by atoms with Crippen LogP contribution in [0.5, 0.6) is 0 Å². The average Bonchev–Trinajstić information content (AvgIpc) is 3.30. The molecular formula is C32H27ClFN3O3S. The van der Waals surface area contributed by atoms with Crippen molar-refractivity contribution in [3.8, 4) is 0 Å². The molecule has 2 aliphatic heterocycles. The third-order valence-electron chi connectivity index (χ3n) is 7.74. The number of benzene rings is 3. The van der Waals surface area contributed by atoms with Crippen molar-refractivity contribution in [1.82, 2.24) is 9.88 Å². The standard InChI is InChI=1S/C32H27ClFN3O3S/c33-29-18-23(12-15-35-29)30(38)37-21-32(13-16-36(17-14-32)31(39)40-20-22-4-2-1-3-5-22)27-19-26(10-11-28(27)37)41-25-8-6-24(34)7-9-25/h1-12,15,18-19H,13-14,16-17,20-21H2. The minimum atomic E-state index is -0.332. The van der Waals surface area contributed by atoms with E-state index in [4.69, 9.17) is 16.3 Å². The molecule has 2 amide bonds. The number of carbonyl (C=O) groups is 2. The summed E-state index contributed by atoms with van der Waals surface area (Å²) in [5, 5.41) is 0.262. The molecule has 3 heterocycles. The van der Waals surface area contributed by atoms with E-state index in [2.05, 4.69) is 11.1 Å². The van der Waals surface area contributed by atoms with Gasteiger partial charge in [-0.05, 0) is 78.6 Å². The van der Waals surface area contributed by atoms with E-state index in [-0.39, 0.29) is 35.0 Å². The van der Waals surface area contributed by atoms with Gasteiger partial charge >= 0.3 is 6.09 Å². The maximum Gasteiger partial charge on any atom is 0.410 e. The highest BCUT2D eigenvalue weighted by atomic mass is 35.5. The largest absolute Gasteiger partial charge is 0.445 e. The van der Waals surface area contributed by atoms with E-state index in [1.807, 2.05) is 47.4 Å². The molecular weight excluding hydrogens is 561 g/mol. The number of anilines is 1. The number of likely N-dealkylation sites (tertiary alicyclic amines) is 1. The second kappa shape index (κ2) is 11.5. The van der Waals surface area contributed by atoms with Crippen LogP contribution in [0.3, 0.4) is 0 Å². The zero-order valence-corrected chi connectivity index (χ0v) is 23.7. The van der Waals surface area contributed by atoms with Crippen molar-refractivity contribution >= 4 is 41.1 Å². The monoisotopic (exact) mass is 587 g/mol. The van der Waals surface area contributed by atoms with E-state index < -0.39 is 0 Å². The second-order valence-corrected chi connectivity index (χ2v) is 11.8. The van der Waals surface area contributed by atoms with Crippen molar-refractivity contribution < 1.29 is 18.7 Å². The van der Waals surface area contributed by atoms with Crippen LogP contribution in [0.15, 0.2) is 101 Å². The molecule has 3 aromatic carbocycles. The van der Waals surface area contributed by atoms with Crippen LogP contribution in [0.1, 0.15) is 34.3 Å². The second-order valence-electron chi connectivity index (χ2n) is 10.3. The number of amides is 2. The SMILES string of the molecule is O=C(OCc1ccccc1)N1CCC2(CC1)CN(C(=O)c1ccnc(Cl)c1)c1ccc(Sc3ccc(F)cc3)cc12. The summed E-state index contributed by atoms with van der Waals surface area (Å²) in [6.45, 7) is 1.76. The molecule has 41 heavy (non-hydrogen) atoms. The number of halogens is 2. The Kier molecular flexibility index (Phi) is 7.69. The summed E-state index contributed by atoms with van der Waals surface area (Å²) < 4.78 is 19.0. The first kappa shape index (κ1) is 27.3. The number of aromatic nitrogens is 1. The predicted molar refractivity (Wildman–Crippen MR) is 157 cm³/mol. The van der Waals surface area contributed by atoms with Gasteiger partial charge in [0.1, 0.15) is 17.6 Å². The molecule has 208 valence electrons. The van der Waals surface area contributed by atoms with Crippen LogP contribution in [0, 0.1) is 5.82 Å². The topological polar surface area (TPSA) is 62.7 Å². The molecule has 6 rings (SSSR count). The van der Waals surface area contributed by atoms with Crippen molar-refractivity contribution in [3.63, 3.8) is 0 Å². The molecule has 1 spiro atoms. The summed E-state index contributed by atoms with van der Waals surface area (Å²) in [5.41, 5.74) is 3.02. The minimum absolute atomic E-state index is 0.143. The smallest absolute Gasteiger partial charge is 0.410 e. The van der Waals surface area contributed by atoms with Crippen molar-refractivity contribution in [1.29, 1.82) is 0 Å². The molecule has 0 aliphatic carbocycles.